The van der Waals surface area contributed by atoms with Crippen LogP contribution in [0.25, 0.3) is 10.5 Å². The smallest absolute Gasteiger partial charge is 0.189 e. The molecule has 0 aliphatic rings. The minimum Gasteiger partial charge on any atom is -0.373 e. The summed E-state index contributed by atoms with van der Waals surface area (Å²) in [6.45, 7) is 0.413. The number of aromatic nitrogens is 3. The number of ether oxygens (including phenoxy) is 1. The van der Waals surface area contributed by atoms with E-state index in [0.717, 1.165) is 9.84 Å². The van der Waals surface area contributed by atoms with Crippen LogP contribution in [0.3, 0.4) is 0 Å². The van der Waals surface area contributed by atoms with Crippen molar-refractivity contribution < 1.29 is 4.74 Å². The van der Waals surface area contributed by atoms with Crippen LogP contribution >= 0.6 is 11.3 Å². The third-order valence-electron chi connectivity index (χ3n) is 1.84. The van der Waals surface area contributed by atoms with Crippen LogP contribution in [0.1, 0.15) is 11.1 Å². The van der Waals surface area contributed by atoms with Gasteiger partial charge in [0.15, 0.2) is 10.5 Å². The predicted molar refractivity (Wildman–Crippen MR) is 54.0 cm³/mol. The minimum absolute atomic E-state index is 0.156. The quantitative estimate of drug-likeness (QED) is 0.808. The second-order valence-electron chi connectivity index (χ2n) is 2.70. The van der Waals surface area contributed by atoms with Gasteiger partial charge in [-0.3, -0.25) is 0 Å². The molecule has 74 valence electrons. The van der Waals surface area contributed by atoms with Gasteiger partial charge in [-0.25, -0.2) is 15.0 Å². The summed E-state index contributed by atoms with van der Waals surface area (Å²) in [6, 6.07) is 0. The van der Waals surface area contributed by atoms with Crippen molar-refractivity contribution in [2.75, 3.05) is 13.7 Å². The highest BCUT2D eigenvalue weighted by Gasteiger charge is 2.14. The Hall–Kier alpha value is -1.11. The summed E-state index contributed by atoms with van der Waals surface area (Å²) in [6.07, 6.45) is 3.11. The van der Waals surface area contributed by atoms with Crippen LogP contribution in [-0.4, -0.2) is 28.6 Å². The summed E-state index contributed by atoms with van der Waals surface area (Å²) in [5.41, 5.74) is 6.19. The van der Waals surface area contributed by atoms with E-state index in [1.54, 1.807) is 19.5 Å². The Morgan fingerprint density at radius 1 is 1.50 bits per heavy atom. The first-order valence-electron chi connectivity index (χ1n) is 4.15. The Morgan fingerprint density at radius 3 is 2.93 bits per heavy atom. The molecule has 0 bridgehead atoms. The molecule has 0 radical (unpaired) electrons. The molecule has 5 nitrogen and oxygen atoms in total. The monoisotopic (exact) mass is 210 g/mol. The zero-order valence-electron chi connectivity index (χ0n) is 7.67. The zero-order chi connectivity index (χ0) is 9.97. The van der Waals surface area contributed by atoms with Gasteiger partial charge in [0.05, 0.1) is 0 Å². The largest absolute Gasteiger partial charge is 0.373 e. The number of methoxy groups -OCH3 is 1. The van der Waals surface area contributed by atoms with Crippen LogP contribution in [0, 0.1) is 0 Å². The van der Waals surface area contributed by atoms with Crippen molar-refractivity contribution >= 4 is 21.8 Å². The molecule has 1 unspecified atom stereocenters. The molecule has 0 spiro atoms. The zero-order valence-corrected chi connectivity index (χ0v) is 8.49. The fraction of sp³-hybridized carbons (Fsp3) is 0.375. The standard InChI is InChI=1S/C8H10N4OS/c1-13-5(4-9)7-12-6-8(14-7)11-3-2-10-6/h2-3,5H,4,9H2,1H3. The van der Waals surface area contributed by atoms with E-state index >= 15 is 0 Å². The number of rotatable bonds is 3. The number of hydrogen-bond acceptors (Lipinski definition) is 6. The van der Waals surface area contributed by atoms with Gasteiger partial charge in [0.1, 0.15) is 11.1 Å². The minimum atomic E-state index is -0.156. The van der Waals surface area contributed by atoms with Crippen molar-refractivity contribution in [2.24, 2.45) is 5.73 Å². The maximum absolute atomic E-state index is 5.54. The van der Waals surface area contributed by atoms with Gasteiger partial charge in [-0.15, -0.1) is 0 Å². The van der Waals surface area contributed by atoms with Gasteiger partial charge in [0.25, 0.3) is 0 Å². The van der Waals surface area contributed by atoms with E-state index in [1.165, 1.54) is 11.3 Å². The van der Waals surface area contributed by atoms with Gasteiger partial charge in [0.2, 0.25) is 0 Å². The fourth-order valence-corrected chi connectivity index (χ4v) is 2.09. The summed E-state index contributed by atoms with van der Waals surface area (Å²) < 4.78 is 5.18. The Labute approximate surface area is 85.0 Å². The molecule has 1 atom stereocenters. The number of hydrogen-bond donors (Lipinski definition) is 1. The van der Waals surface area contributed by atoms with E-state index in [-0.39, 0.29) is 6.10 Å². The summed E-state index contributed by atoms with van der Waals surface area (Å²) >= 11 is 1.46. The molecule has 0 aliphatic carbocycles. The highest BCUT2D eigenvalue weighted by Crippen LogP contribution is 2.24. The molecule has 2 N–H and O–H groups in total. The second-order valence-corrected chi connectivity index (χ2v) is 3.71. The maximum Gasteiger partial charge on any atom is 0.189 e. The average Bonchev–Trinajstić information content (AvgIpc) is 2.63. The summed E-state index contributed by atoms with van der Waals surface area (Å²) in [5.74, 6) is 0. The molecule has 0 amide bonds. The lowest BCUT2D eigenvalue weighted by atomic mass is 10.4. The summed E-state index contributed by atoms with van der Waals surface area (Å²) in [5, 5.41) is 0.830. The van der Waals surface area contributed by atoms with Gasteiger partial charge >= 0.3 is 0 Å². The first-order valence-corrected chi connectivity index (χ1v) is 4.97. The van der Waals surface area contributed by atoms with Crippen molar-refractivity contribution in [3.8, 4) is 0 Å². The first kappa shape index (κ1) is 9.45. The molecule has 0 saturated heterocycles. The molecule has 0 aromatic carbocycles. The average molecular weight is 210 g/mol. The van der Waals surface area contributed by atoms with E-state index < -0.39 is 0 Å². The van der Waals surface area contributed by atoms with E-state index in [1.807, 2.05) is 0 Å². The van der Waals surface area contributed by atoms with Crippen molar-refractivity contribution in [2.45, 2.75) is 6.10 Å². The van der Waals surface area contributed by atoms with Crippen molar-refractivity contribution in [1.82, 2.24) is 15.0 Å². The number of nitrogens with zero attached hydrogens (tertiary/aromatic N) is 3. The van der Waals surface area contributed by atoms with Crippen molar-refractivity contribution in [3.05, 3.63) is 17.4 Å². The topological polar surface area (TPSA) is 73.9 Å². The molecule has 0 aliphatic heterocycles. The van der Waals surface area contributed by atoms with Crippen LogP contribution in [-0.2, 0) is 4.74 Å². The molecule has 6 heteroatoms. The van der Waals surface area contributed by atoms with Crippen LogP contribution in [0.2, 0.25) is 0 Å². The van der Waals surface area contributed by atoms with Crippen LogP contribution in [0.4, 0.5) is 0 Å². The maximum atomic E-state index is 5.54. The van der Waals surface area contributed by atoms with E-state index in [9.17, 15) is 0 Å². The Morgan fingerprint density at radius 2 is 2.29 bits per heavy atom. The molecule has 2 aromatic rings. The Kier molecular flexibility index (Phi) is 2.67. The highest BCUT2D eigenvalue weighted by molar-refractivity contribution is 7.18. The van der Waals surface area contributed by atoms with E-state index in [2.05, 4.69) is 15.0 Å². The molecular formula is C8H10N4OS. The molecule has 14 heavy (non-hydrogen) atoms. The normalized spacial score (nSPS) is 13.3. The predicted octanol–water partition coefficient (Wildman–Crippen LogP) is 0.733. The lowest BCUT2D eigenvalue weighted by Crippen LogP contribution is -2.13. The van der Waals surface area contributed by atoms with E-state index in [4.69, 9.17) is 10.5 Å². The molecule has 2 heterocycles. The Bertz CT molecular complexity index is 393. The van der Waals surface area contributed by atoms with Crippen molar-refractivity contribution in [1.29, 1.82) is 0 Å². The fourth-order valence-electron chi connectivity index (χ4n) is 1.13. The number of fused-ring (bicyclic) bond motifs is 1. The summed E-state index contributed by atoms with van der Waals surface area (Å²) in [7, 11) is 1.62. The molecule has 2 rings (SSSR count). The van der Waals surface area contributed by atoms with Gasteiger partial charge in [0, 0.05) is 26.0 Å². The molecule has 2 aromatic heterocycles. The van der Waals surface area contributed by atoms with Crippen LogP contribution in [0.5, 0.6) is 0 Å². The molecular weight excluding hydrogens is 200 g/mol. The SMILES string of the molecule is COC(CN)c1nc2nccnc2s1. The third-order valence-corrected chi connectivity index (χ3v) is 2.88. The van der Waals surface area contributed by atoms with E-state index in [0.29, 0.717) is 12.2 Å². The third kappa shape index (κ3) is 1.59. The van der Waals surface area contributed by atoms with Gasteiger partial charge < -0.3 is 10.5 Å². The Balaban J connectivity index is 2.43. The van der Waals surface area contributed by atoms with Gasteiger partial charge in [-0.05, 0) is 0 Å². The highest BCUT2D eigenvalue weighted by atomic mass is 32.1. The molecule has 0 saturated carbocycles. The number of nitrogens with two attached hydrogens (primary N) is 1. The van der Waals surface area contributed by atoms with Gasteiger partial charge in [-0.1, -0.05) is 11.3 Å². The van der Waals surface area contributed by atoms with Crippen LogP contribution < -0.4 is 5.73 Å². The second kappa shape index (κ2) is 3.95. The number of thiazole rings is 1. The van der Waals surface area contributed by atoms with Crippen molar-refractivity contribution in [3.63, 3.8) is 0 Å². The first-order chi connectivity index (χ1) is 6.85. The van der Waals surface area contributed by atoms with Gasteiger partial charge in [-0.2, -0.15) is 0 Å². The molecule has 0 fully saturated rings. The lowest BCUT2D eigenvalue weighted by Gasteiger charge is -2.07. The lowest BCUT2D eigenvalue weighted by molar-refractivity contribution is 0.110. The summed E-state index contributed by atoms with van der Waals surface area (Å²) in [4.78, 5) is 13.4. The van der Waals surface area contributed by atoms with Crippen LogP contribution in [0.15, 0.2) is 12.4 Å².